The third-order valence-electron chi connectivity index (χ3n) is 2.15. The summed E-state index contributed by atoms with van der Waals surface area (Å²) in [7, 11) is 1.36. The van der Waals surface area contributed by atoms with E-state index in [1.807, 2.05) is 13.0 Å². The normalized spacial score (nSPS) is 9.93. The summed E-state index contributed by atoms with van der Waals surface area (Å²) in [5.41, 5.74) is 2.59. The highest BCUT2D eigenvalue weighted by molar-refractivity contribution is 5.89. The monoisotopic (exact) mass is 194 g/mol. The van der Waals surface area contributed by atoms with Gasteiger partial charge in [0.05, 0.1) is 12.7 Å². The Bertz CT molecular complexity index is 331. The molecule has 3 nitrogen and oxygen atoms in total. The van der Waals surface area contributed by atoms with Gasteiger partial charge in [-0.25, -0.2) is 4.79 Å². The van der Waals surface area contributed by atoms with E-state index in [9.17, 15) is 4.79 Å². The highest BCUT2D eigenvalue weighted by Crippen LogP contribution is 2.12. The van der Waals surface area contributed by atoms with Crippen molar-refractivity contribution in [3.05, 3.63) is 34.9 Å². The summed E-state index contributed by atoms with van der Waals surface area (Å²) in [6.45, 7) is 2.04. The Morgan fingerprint density at radius 2 is 2.21 bits per heavy atom. The molecule has 1 aromatic carbocycles. The molecule has 0 aliphatic heterocycles. The summed E-state index contributed by atoms with van der Waals surface area (Å²) in [5, 5.41) is 8.81. The first kappa shape index (κ1) is 10.7. The Balaban J connectivity index is 2.99. The molecule has 0 unspecified atom stereocenters. The van der Waals surface area contributed by atoms with Crippen molar-refractivity contribution >= 4 is 5.97 Å². The zero-order valence-electron chi connectivity index (χ0n) is 8.41. The number of hydrogen-bond acceptors (Lipinski definition) is 3. The van der Waals surface area contributed by atoms with Crippen LogP contribution >= 0.6 is 0 Å². The van der Waals surface area contributed by atoms with E-state index in [1.165, 1.54) is 7.11 Å². The average molecular weight is 194 g/mol. The van der Waals surface area contributed by atoms with E-state index in [0.717, 1.165) is 11.1 Å². The van der Waals surface area contributed by atoms with Gasteiger partial charge in [0.2, 0.25) is 0 Å². The second-order valence-corrected chi connectivity index (χ2v) is 3.11. The molecule has 0 saturated carbocycles. The minimum atomic E-state index is -0.343. The van der Waals surface area contributed by atoms with Gasteiger partial charge < -0.3 is 9.84 Å². The van der Waals surface area contributed by atoms with Gasteiger partial charge in [-0.1, -0.05) is 6.07 Å². The highest BCUT2D eigenvalue weighted by Gasteiger charge is 2.07. The Morgan fingerprint density at radius 1 is 1.50 bits per heavy atom. The minimum absolute atomic E-state index is 0.0888. The average Bonchev–Trinajstić information content (AvgIpc) is 2.20. The van der Waals surface area contributed by atoms with Gasteiger partial charge in [0.15, 0.2) is 0 Å². The lowest BCUT2D eigenvalue weighted by molar-refractivity contribution is 0.0600. The van der Waals surface area contributed by atoms with Crippen molar-refractivity contribution in [2.45, 2.75) is 13.3 Å². The molecule has 0 atom stereocenters. The maximum absolute atomic E-state index is 11.2. The first-order valence-corrected chi connectivity index (χ1v) is 4.47. The fraction of sp³-hybridized carbons (Fsp3) is 0.364. The van der Waals surface area contributed by atoms with Crippen molar-refractivity contribution < 1.29 is 14.6 Å². The maximum Gasteiger partial charge on any atom is 0.337 e. The summed E-state index contributed by atoms with van der Waals surface area (Å²) >= 11 is 0. The van der Waals surface area contributed by atoms with Crippen molar-refractivity contribution in [1.82, 2.24) is 0 Å². The molecule has 0 fully saturated rings. The van der Waals surface area contributed by atoms with Gasteiger partial charge in [-0.15, -0.1) is 0 Å². The predicted octanol–water partition coefficient (Wildman–Crippen LogP) is 1.32. The molecule has 0 amide bonds. The van der Waals surface area contributed by atoms with E-state index in [0.29, 0.717) is 12.0 Å². The first-order chi connectivity index (χ1) is 6.69. The third-order valence-corrected chi connectivity index (χ3v) is 2.15. The van der Waals surface area contributed by atoms with Crippen LogP contribution in [-0.4, -0.2) is 24.8 Å². The number of carbonyl (C=O) groups is 1. The number of carbonyl (C=O) groups excluding carboxylic acids is 1. The first-order valence-electron chi connectivity index (χ1n) is 4.47. The van der Waals surface area contributed by atoms with Crippen LogP contribution in [0.25, 0.3) is 0 Å². The molecule has 0 bridgehead atoms. The molecule has 0 heterocycles. The summed E-state index contributed by atoms with van der Waals surface area (Å²) in [6, 6.07) is 5.34. The van der Waals surface area contributed by atoms with E-state index < -0.39 is 0 Å². The van der Waals surface area contributed by atoms with E-state index >= 15 is 0 Å². The molecule has 1 N–H and O–H groups in total. The number of aliphatic hydroxyl groups is 1. The molecule has 0 aliphatic carbocycles. The number of aryl methyl sites for hydroxylation is 1. The van der Waals surface area contributed by atoms with Crippen LogP contribution in [0.5, 0.6) is 0 Å². The van der Waals surface area contributed by atoms with E-state index in [4.69, 9.17) is 5.11 Å². The molecule has 76 valence electrons. The number of rotatable bonds is 3. The lowest BCUT2D eigenvalue weighted by atomic mass is 10.0. The predicted molar refractivity (Wildman–Crippen MR) is 53.3 cm³/mol. The van der Waals surface area contributed by atoms with Gasteiger partial charge >= 0.3 is 5.97 Å². The highest BCUT2D eigenvalue weighted by atomic mass is 16.5. The second-order valence-electron chi connectivity index (χ2n) is 3.11. The van der Waals surface area contributed by atoms with Gasteiger partial charge in [0.1, 0.15) is 0 Å². The molecule has 0 spiro atoms. The molecule has 0 saturated heterocycles. The SMILES string of the molecule is COC(=O)c1ccc(C)c(CCO)c1. The third kappa shape index (κ3) is 2.33. The Kier molecular flexibility index (Phi) is 3.65. The Morgan fingerprint density at radius 3 is 2.79 bits per heavy atom. The number of esters is 1. The van der Waals surface area contributed by atoms with Crippen molar-refractivity contribution in [2.24, 2.45) is 0 Å². The van der Waals surface area contributed by atoms with Crippen molar-refractivity contribution in [1.29, 1.82) is 0 Å². The molecular weight excluding hydrogens is 180 g/mol. The largest absolute Gasteiger partial charge is 0.465 e. The lowest BCUT2D eigenvalue weighted by Crippen LogP contribution is -2.03. The van der Waals surface area contributed by atoms with Gasteiger partial charge in [0, 0.05) is 6.61 Å². The van der Waals surface area contributed by atoms with Crippen LogP contribution < -0.4 is 0 Å². The molecule has 3 heteroatoms. The molecule has 0 aliphatic rings. The van der Waals surface area contributed by atoms with Gasteiger partial charge in [0.25, 0.3) is 0 Å². The molecule has 1 rings (SSSR count). The van der Waals surface area contributed by atoms with Crippen molar-refractivity contribution in [2.75, 3.05) is 13.7 Å². The summed E-state index contributed by atoms with van der Waals surface area (Å²) in [5.74, 6) is -0.343. The molecule has 14 heavy (non-hydrogen) atoms. The van der Waals surface area contributed by atoms with Crippen LogP contribution in [-0.2, 0) is 11.2 Å². The maximum atomic E-state index is 11.2. The number of hydrogen-bond donors (Lipinski definition) is 1. The lowest BCUT2D eigenvalue weighted by Gasteiger charge is -2.06. The van der Waals surface area contributed by atoms with E-state index in [-0.39, 0.29) is 12.6 Å². The molecular formula is C11H14O3. The quantitative estimate of drug-likeness (QED) is 0.738. The number of ether oxygens (including phenoxy) is 1. The van der Waals surface area contributed by atoms with Crippen LogP contribution in [0.3, 0.4) is 0 Å². The molecule has 0 radical (unpaired) electrons. The Hall–Kier alpha value is -1.35. The number of benzene rings is 1. The zero-order chi connectivity index (χ0) is 10.6. The van der Waals surface area contributed by atoms with Gasteiger partial charge in [-0.3, -0.25) is 0 Å². The minimum Gasteiger partial charge on any atom is -0.465 e. The molecule has 1 aromatic rings. The summed E-state index contributed by atoms with van der Waals surface area (Å²) < 4.78 is 4.61. The van der Waals surface area contributed by atoms with Crippen LogP contribution in [0.15, 0.2) is 18.2 Å². The number of methoxy groups -OCH3 is 1. The van der Waals surface area contributed by atoms with Crippen LogP contribution in [0.4, 0.5) is 0 Å². The topological polar surface area (TPSA) is 46.5 Å². The number of aliphatic hydroxyl groups excluding tert-OH is 1. The van der Waals surface area contributed by atoms with Crippen LogP contribution in [0, 0.1) is 6.92 Å². The summed E-state index contributed by atoms with van der Waals surface area (Å²) in [4.78, 5) is 11.2. The molecule has 0 aromatic heterocycles. The fourth-order valence-corrected chi connectivity index (χ4v) is 1.31. The van der Waals surface area contributed by atoms with Crippen molar-refractivity contribution in [3.63, 3.8) is 0 Å². The summed E-state index contributed by atoms with van der Waals surface area (Å²) in [6.07, 6.45) is 0.566. The van der Waals surface area contributed by atoms with Crippen LogP contribution in [0.2, 0.25) is 0 Å². The smallest absolute Gasteiger partial charge is 0.337 e. The van der Waals surface area contributed by atoms with E-state index in [2.05, 4.69) is 4.74 Å². The van der Waals surface area contributed by atoms with Crippen LogP contribution in [0.1, 0.15) is 21.5 Å². The van der Waals surface area contributed by atoms with E-state index in [1.54, 1.807) is 12.1 Å². The second kappa shape index (κ2) is 4.77. The van der Waals surface area contributed by atoms with Gasteiger partial charge in [-0.2, -0.15) is 0 Å². The Labute approximate surface area is 83.3 Å². The zero-order valence-corrected chi connectivity index (χ0v) is 8.41. The standard InChI is InChI=1S/C11H14O3/c1-8-3-4-10(11(13)14-2)7-9(8)5-6-12/h3-4,7,12H,5-6H2,1-2H3. The van der Waals surface area contributed by atoms with Gasteiger partial charge in [-0.05, 0) is 36.6 Å². The van der Waals surface area contributed by atoms with Crippen molar-refractivity contribution in [3.8, 4) is 0 Å². The fourth-order valence-electron chi connectivity index (χ4n) is 1.31.